The summed E-state index contributed by atoms with van der Waals surface area (Å²) in [6.07, 6.45) is 3.04. The van der Waals surface area contributed by atoms with Crippen molar-refractivity contribution in [2.45, 2.75) is 12.8 Å². The van der Waals surface area contributed by atoms with Crippen molar-refractivity contribution in [1.82, 2.24) is 20.1 Å². The number of benzene rings is 1. The highest BCUT2D eigenvalue weighted by molar-refractivity contribution is 6.30. The van der Waals surface area contributed by atoms with Crippen LogP contribution in [-0.4, -0.2) is 66.4 Å². The molecule has 0 unspecified atom stereocenters. The molecule has 1 aromatic heterocycles. The number of pyridine rings is 1. The van der Waals surface area contributed by atoms with Crippen molar-refractivity contribution in [3.8, 4) is 0 Å². The fourth-order valence-corrected chi connectivity index (χ4v) is 3.49. The van der Waals surface area contributed by atoms with Crippen molar-refractivity contribution in [3.05, 3.63) is 64.9 Å². The van der Waals surface area contributed by atoms with Gasteiger partial charge in [-0.2, -0.15) is 0 Å². The summed E-state index contributed by atoms with van der Waals surface area (Å²) in [6.45, 7) is 3.70. The first kappa shape index (κ1) is 20.1. The molecule has 1 amide bonds. The van der Waals surface area contributed by atoms with Crippen LogP contribution in [0.15, 0.2) is 53.7 Å². The number of amides is 1. The molecule has 6 nitrogen and oxygen atoms in total. The van der Waals surface area contributed by atoms with Crippen LogP contribution in [0.1, 0.15) is 11.3 Å². The second kappa shape index (κ2) is 10.1. The number of hydrogen-bond acceptors (Lipinski definition) is 3. The second-order valence-corrected chi connectivity index (χ2v) is 7.16. The van der Waals surface area contributed by atoms with Gasteiger partial charge in [0.2, 0.25) is 5.91 Å². The summed E-state index contributed by atoms with van der Waals surface area (Å²) >= 11 is 6.01. The Kier molecular flexibility index (Phi) is 7.25. The van der Waals surface area contributed by atoms with E-state index < -0.39 is 0 Å². The lowest BCUT2D eigenvalue weighted by Crippen LogP contribution is -2.54. The summed E-state index contributed by atoms with van der Waals surface area (Å²) in [6, 6.07) is 13.4. The van der Waals surface area contributed by atoms with Gasteiger partial charge >= 0.3 is 0 Å². The van der Waals surface area contributed by atoms with Gasteiger partial charge in [0, 0.05) is 63.1 Å². The van der Waals surface area contributed by atoms with E-state index in [-0.39, 0.29) is 5.91 Å². The van der Waals surface area contributed by atoms with Gasteiger partial charge in [0.15, 0.2) is 5.96 Å². The van der Waals surface area contributed by atoms with E-state index in [9.17, 15) is 4.79 Å². The van der Waals surface area contributed by atoms with Gasteiger partial charge in [0.25, 0.3) is 0 Å². The smallest absolute Gasteiger partial charge is 0.227 e. The Morgan fingerprint density at radius 1 is 1.14 bits per heavy atom. The predicted octanol–water partition coefficient (Wildman–Crippen LogP) is 2.24. The number of nitrogens with one attached hydrogen (secondary N) is 1. The van der Waals surface area contributed by atoms with Crippen molar-refractivity contribution >= 4 is 23.5 Å². The highest BCUT2D eigenvalue weighted by Gasteiger charge is 2.23. The Hall–Kier alpha value is -2.60. The van der Waals surface area contributed by atoms with Crippen molar-refractivity contribution in [3.63, 3.8) is 0 Å². The van der Waals surface area contributed by atoms with Crippen LogP contribution in [-0.2, 0) is 17.6 Å². The van der Waals surface area contributed by atoms with Crippen molar-refractivity contribution in [1.29, 1.82) is 0 Å². The molecule has 0 spiro atoms. The first-order valence-electron chi connectivity index (χ1n) is 9.53. The maximum Gasteiger partial charge on any atom is 0.227 e. The first-order valence-corrected chi connectivity index (χ1v) is 9.91. The van der Waals surface area contributed by atoms with Gasteiger partial charge in [-0.1, -0.05) is 29.8 Å². The van der Waals surface area contributed by atoms with Crippen molar-refractivity contribution < 1.29 is 4.79 Å². The van der Waals surface area contributed by atoms with E-state index in [1.165, 1.54) is 0 Å². The zero-order chi connectivity index (χ0) is 19.8. The summed E-state index contributed by atoms with van der Waals surface area (Å²) in [7, 11) is 1.79. The Balaban J connectivity index is 1.44. The number of piperazine rings is 1. The molecule has 0 saturated carbocycles. The molecule has 3 rings (SSSR count). The molecule has 0 radical (unpaired) electrons. The maximum atomic E-state index is 12.6. The standard InChI is InChI=1S/C21H26ClN5O/c1-23-21(25-10-8-19-7-2-3-9-24-19)27-13-11-26(12-14-27)20(28)16-17-5-4-6-18(22)15-17/h2-7,9,15H,8,10-14,16H2,1H3,(H,23,25). The zero-order valence-corrected chi connectivity index (χ0v) is 16.9. The van der Waals surface area contributed by atoms with Crippen LogP contribution in [0.2, 0.25) is 5.02 Å². The highest BCUT2D eigenvalue weighted by Crippen LogP contribution is 2.13. The lowest BCUT2D eigenvalue weighted by atomic mass is 10.1. The molecule has 1 aliphatic heterocycles. The molecule has 7 heteroatoms. The minimum Gasteiger partial charge on any atom is -0.356 e. The molecule has 2 aromatic rings. The number of aromatic nitrogens is 1. The number of carbonyl (C=O) groups is 1. The molecule has 1 fully saturated rings. The monoisotopic (exact) mass is 399 g/mol. The van der Waals surface area contributed by atoms with Gasteiger partial charge in [-0.05, 0) is 29.8 Å². The summed E-state index contributed by atoms with van der Waals surface area (Å²) in [5.41, 5.74) is 2.01. The minimum atomic E-state index is 0.139. The van der Waals surface area contributed by atoms with Gasteiger partial charge in [0.05, 0.1) is 6.42 Å². The quantitative estimate of drug-likeness (QED) is 0.618. The van der Waals surface area contributed by atoms with E-state index in [4.69, 9.17) is 11.6 Å². The van der Waals surface area contributed by atoms with Crippen LogP contribution in [0.4, 0.5) is 0 Å². The molecule has 148 valence electrons. The third kappa shape index (κ3) is 5.70. The molecule has 2 heterocycles. The molecule has 1 saturated heterocycles. The van der Waals surface area contributed by atoms with Crippen molar-refractivity contribution in [2.75, 3.05) is 39.8 Å². The molecule has 1 aromatic carbocycles. The fourth-order valence-electron chi connectivity index (χ4n) is 3.28. The van der Waals surface area contributed by atoms with Gasteiger partial charge in [-0.25, -0.2) is 0 Å². The molecule has 1 aliphatic rings. The third-order valence-electron chi connectivity index (χ3n) is 4.78. The lowest BCUT2D eigenvalue weighted by Gasteiger charge is -2.36. The van der Waals surface area contributed by atoms with Gasteiger partial charge in [-0.15, -0.1) is 0 Å². The van der Waals surface area contributed by atoms with E-state index in [0.29, 0.717) is 24.5 Å². The number of aliphatic imine (C=N–C) groups is 1. The second-order valence-electron chi connectivity index (χ2n) is 6.72. The number of guanidine groups is 1. The summed E-state index contributed by atoms with van der Waals surface area (Å²) in [5.74, 6) is 1.01. The first-order chi connectivity index (χ1) is 13.7. The van der Waals surface area contributed by atoms with E-state index in [2.05, 4.69) is 20.2 Å². The average molecular weight is 400 g/mol. The molecule has 0 aliphatic carbocycles. The summed E-state index contributed by atoms with van der Waals surface area (Å²) in [5, 5.41) is 4.06. The Labute approximate surface area is 171 Å². The van der Waals surface area contributed by atoms with E-state index in [1.807, 2.05) is 53.6 Å². The Morgan fingerprint density at radius 3 is 2.61 bits per heavy atom. The Morgan fingerprint density at radius 2 is 1.93 bits per heavy atom. The largest absolute Gasteiger partial charge is 0.356 e. The summed E-state index contributed by atoms with van der Waals surface area (Å²) in [4.78, 5) is 25.4. The fraction of sp³-hybridized carbons (Fsp3) is 0.381. The Bertz CT molecular complexity index is 803. The maximum absolute atomic E-state index is 12.6. The molecule has 28 heavy (non-hydrogen) atoms. The lowest BCUT2D eigenvalue weighted by molar-refractivity contribution is -0.131. The number of halogens is 1. The van der Waals surface area contributed by atoms with E-state index >= 15 is 0 Å². The predicted molar refractivity (Wildman–Crippen MR) is 113 cm³/mol. The normalized spacial score (nSPS) is 14.9. The van der Waals surface area contributed by atoms with E-state index in [0.717, 1.165) is 43.3 Å². The van der Waals surface area contributed by atoms with Gasteiger partial charge in [0.1, 0.15) is 0 Å². The highest BCUT2D eigenvalue weighted by atomic mass is 35.5. The van der Waals surface area contributed by atoms with Crippen LogP contribution in [0.5, 0.6) is 0 Å². The zero-order valence-electron chi connectivity index (χ0n) is 16.1. The molecular formula is C21H26ClN5O. The third-order valence-corrected chi connectivity index (χ3v) is 5.01. The molecule has 0 bridgehead atoms. The SMILES string of the molecule is CN=C(NCCc1ccccn1)N1CCN(C(=O)Cc2cccc(Cl)c2)CC1. The molecular weight excluding hydrogens is 374 g/mol. The van der Waals surface area contributed by atoms with Gasteiger partial charge in [-0.3, -0.25) is 14.8 Å². The van der Waals surface area contributed by atoms with Crippen LogP contribution in [0.25, 0.3) is 0 Å². The number of nitrogens with zero attached hydrogens (tertiary/aromatic N) is 4. The number of hydrogen-bond donors (Lipinski definition) is 1. The van der Waals surface area contributed by atoms with Crippen LogP contribution in [0.3, 0.4) is 0 Å². The average Bonchev–Trinajstić information content (AvgIpc) is 2.72. The van der Waals surface area contributed by atoms with Crippen molar-refractivity contribution in [2.24, 2.45) is 4.99 Å². The van der Waals surface area contributed by atoms with Crippen LogP contribution >= 0.6 is 11.6 Å². The number of carbonyl (C=O) groups excluding carboxylic acids is 1. The van der Waals surface area contributed by atoms with Gasteiger partial charge < -0.3 is 15.1 Å². The minimum absolute atomic E-state index is 0.139. The van der Waals surface area contributed by atoms with Crippen LogP contribution < -0.4 is 5.32 Å². The topological polar surface area (TPSA) is 60.8 Å². The van der Waals surface area contributed by atoms with E-state index in [1.54, 1.807) is 7.05 Å². The number of rotatable bonds is 5. The molecule has 0 atom stereocenters. The molecule has 1 N–H and O–H groups in total. The van der Waals surface area contributed by atoms with Crippen LogP contribution in [0, 0.1) is 0 Å². The summed E-state index contributed by atoms with van der Waals surface area (Å²) < 4.78 is 0.